The molecule has 1 heterocycles. The van der Waals surface area contributed by atoms with Crippen LogP contribution in [0.3, 0.4) is 0 Å². The van der Waals surface area contributed by atoms with E-state index < -0.39 is 6.10 Å². The molecule has 2 rings (SSSR count). The fourth-order valence-corrected chi connectivity index (χ4v) is 2.79. The zero-order valence-corrected chi connectivity index (χ0v) is 12.8. The minimum atomic E-state index is -0.525. The monoisotopic (exact) mass is 288 g/mol. The van der Waals surface area contributed by atoms with Crippen molar-refractivity contribution >= 4 is 0 Å². The van der Waals surface area contributed by atoms with Crippen LogP contribution in [0.25, 0.3) is 0 Å². The molecular weight excluding hydrogens is 264 g/mol. The molecule has 1 aliphatic rings. The average Bonchev–Trinajstić information content (AvgIpc) is 2.94. The van der Waals surface area contributed by atoms with Crippen molar-refractivity contribution < 1.29 is 9.84 Å². The summed E-state index contributed by atoms with van der Waals surface area (Å²) in [4.78, 5) is 2.30. The van der Waals surface area contributed by atoms with E-state index in [0.717, 1.165) is 19.0 Å². The fourth-order valence-electron chi connectivity index (χ4n) is 2.79. The van der Waals surface area contributed by atoms with E-state index in [1.54, 1.807) is 18.2 Å². The Labute approximate surface area is 127 Å². The van der Waals surface area contributed by atoms with Gasteiger partial charge in [0.15, 0.2) is 0 Å². The van der Waals surface area contributed by atoms with Gasteiger partial charge < -0.3 is 14.7 Å². The molecule has 2 unspecified atom stereocenters. The van der Waals surface area contributed by atoms with Gasteiger partial charge in [-0.05, 0) is 36.9 Å². The largest absolute Gasteiger partial charge is 0.489 e. The van der Waals surface area contributed by atoms with E-state index >= 15 is 0 Å². The van der Waals surface area contributed by atoms with Crippen molar-refractivity contribution in [3.63, 3.8) is 0 Å². The first-order valence-electron chi connectivity index (χ1n) is 7.62. The van der Waals surface area contributed by atoms with Gasteiger partial charge in [0.2, 0.25) is 0 Å². The first-order chi connectivity index (χ1) is 10.1. The first-order valence-corrected chi connectivity index (χ1v) is 7.62. The van der Waals surface area contributed by atoms with Crippen LogP contribution >= 0.6 is 0 Å². The number of aliphatic hydroxyl groups is 1. The molecule has 1 aromatic carbocycles. The van der Waals surface area contributed by atoms with Crippen molar-refractivity contribution in [1.82, 2.24) is 4.90 Å². The third-order valence-electron chi connectivity index (χ3n) is 4.16. The number of rotatable bonds is 6. The topological polar surface area (TPSA) is 56.5 Å². The van der Waals surface area contributed by atoms with E-state index in [-0.39, 0.29) is 6.61 Å². The van der Waals surface area contributed by atoms with Gasteiger partial charge in [0.25, 0.3) is 0 Å². The lowest BCUT2D eigenvalue weighted by Gasteiger charge is -2.21. The third kappa shape index (κ3) is 4.45. The van der Waals surface area contributed by atoms with Gasteiger partial charge in [-0.1, -0.05) is 26.0 Å². The van der Waals surface area contributed by atoms with Crippen LogP contribution in [0.5, 0.6) is 5.75 Å². The Morgan fingerprint density at radius 1 is 1.43 bits per heavy atom. The molecule has 0 amide bonds. The summed E-state index contributed by atoms with van der Waals surface area (Å²) in [5.74, 6) is 1.98. The van der Waals surface area contributed by atoms with Gasteiger partial charge in [0.1, 0.15) is 24.5 Å². The van der Waals surface area contributed by atoms with Crippen LogP contribution in [0, 0.1) is 23.2 Å². The molecule has 21 heavy (non-hydrogen) atoms. The average molecular weight is 288 g/mol. The molecular formula is C17H24N2O2. The van der Waals surface area contributed by atoms with Crippen LogP contribution in [0.4, 0.5) is 0 Å². The molecule has 0 saturated carbocycles. The van der Waals surface area contributed by atoms with Gasteiger partial charge >= 0.3 is 0 Å². The lowest BCUT2D eigenvalue weighted by molar-refractivity contribution is 0.0739. The number of para-hydroxylation sites is 1. The third-order valence-corrected chi connectivity index (χ3v) is 4.16. The number of nitriles is 1. The summed E-state index contributed by atoms with van der Waals surface area (Å²) in [7, 11) is 0. The normalized spacial score (nSPS) is 20.4. The summed E-state index contributed by atoms with van der Waals surface area (Å²) in [6.07, 6.45) is 0.686. The maximum atomic E-state index is 10.1. The predicted molar refractivity (Wildman–Crippen MR) is 82.0 cm³/mol. The Hall–Kier alpha value is -1.57. The van der Waals surface area contributed by atoms with E-state index in [0.29, 0.717) is 23.8 Å². The number of hydrogen-bond acceptors (Lipinski definition) is 4. The standard InChI is InChI=1S/C17H24N2O2/c1-13(2)15-7-8-19(10-15)11-16(20)12-21-17-6-4-3-5-14(17)9-18/h3-6,13,15-16,20H,7-8,10-12H2,1-2H3. The molecule has 114 valence electrons. The zero-order chi connectivity index (χ0) is 15.2. The summed E-state index contributed by atoms with van der Waals surface area (Å²) in [5.41, 5.74) is 0.505. The molecule has 0 aromatic heterocycles. The van der Waals surface area contributed by atoms with Crippen LogP contribution in [-0.4, -0.2) is 42.4 Å². The number of ether oxygens (including phenoxy) is 1. The molecule has 4 heteroatoms. The summed E-state index contributed by atoms with van der Waals surface area (Å²) in [5, 5.41) is 19.1. The second kappa shape index (κ2) is 7.44. The molecule has 1 aliphatic heterocycles. The first kappa shape index (κ1) is 15.8. The summed E-state index contributed by atoms with van der Waals surface area (Å²) >= 11 is 0. The summed E-state index contributed by atoms with van der Waals surface area (Å²) < 4.78 is 5.58. The number of benzene rings is 1. The number of hydrogen-bond donors (Lipinski definition) is 1. The second-order valence-electron chi connectivity index (χ2n) is 6.13. The van der Waals surface area contributed by atoms with Gasteiger partial charge in [-0.3, -0.25) is 0 Å². The van der Waals surface area contributed by atoms with Crippen LogP contribution < -0.4 is 4.74 Å². The summed E-state index contributed by atoms with van der Waals surface area (Å²) in [6.45, 7) is 7.48. The molecule has 1 saturated heterocycles. The highest BCUT2D eigenvalue weighted by Crippen LogP contribution is 2.23. The highest BCUT2D eigenvalue weighted by molar-refractivity contribution is 5.42. The maximum absolute atomic E-state index is 10.1. The zero-order valence-electron chi connectivity index (χ0n) is 12.8. The van der Waals surface area contributed by atoms with Gasteiger partial charge in [0, 0.05) is 13.1 Å². The Morgan fingerprint density at radius 2 is 2.19 bits per heavy atom. The van der Waals surface area contributed by atoms with E-state index in [2.05, 4.69) is 24.8 Å². The van der Waals surface area contributed by atoms with E-state index in [1.165, 1.54) is 6.42 Å². The maximum Gasteiger partial charge on any atom is 0.137 e. The Balaban J connectivity index is 1.78. The van der Waals surface area contributed by atoms with Crippen LogP contribution in [-0.2, 0) is 0 Å². The molecule has 4 nitrogen and oxygen atoms in total. The Morgan fingerprint density at radius 3 is 2.86 bits per heavy atom. The molecule has 2 atom stereocenters. The van der Waals surface area contributed by atoms with Gasteiger partial charge in [-0.25, -0.2) is 0 Å². The van der Waals surface area contributed by atoms with Crippen LogP contribution in [0.1, 0.15) is 25.8 Å². The van der Waals surface area contributed by atoms with Crippen molar-refractivity contribution in [1.29, 1.82) is 5.26 Å². The summed E-state index contributed by atoms with van der Waals surface area (Å²) in [6, 6.07) is 9.20. The lowest BCUT2D eigenvalue weighted by Crippen LogP contribution is -2.34. The van der Waals surface area contributed by atoms with E-state index in [1.807, 2.05) is 6.07 Å². The number of likely N-dealkylation sites (tertiary alicyclic amines) is 1. The van der Waals surface area contributed by atoms with Crippen molar-refractivity contribution in [2.75, 3.05) is 26.2 Å². The minimum Gasteiger partial charge on any atom is -0.489 e. The Bertz CT molecular complexity index is 496. The quantitative estimate of drug-likeness (QED) is 0.872. The van der Waals surface area contributed by atoms with Crippen molar-refractivity contribution in [2.24, 2.45) is 11.8 Å². The molecule has 0 radical (unpaired) electrons. The van der Waals surface area contributed by atoms with E-state index in [4.69, 9.17) is 10.00 Å². The molecule has 1 aromatic rings. The van der Waals surface area contributed by atoms with Crippen LogP contribution in [0.15, 0.2) is 24.3 Å². The van der Waals surface area contributed by atoms with Gasteiger partial charge in [0.05, 0.1) is 5.56 Å². The molecule has 0 bridgehead atoms. The number of aliphatic hydroxyl groups excluding tert-OH is 1. The van der Waals surface area contributed by atoms with Crippen molar-refractivity contribution in [2.45, 2.75) is 26.4 Å². The predicted octanol–water partition coefficient (Wildman–Crippen LogP) is 2.28. The highest BCUT2D eigenvalue weighted by atomic mass is 16.5. The van der Waals surface area contributed by atoms with Gasteiger partial charge in [-0.2, -0.15) is 5.26 Å². The van der Waals surface area contributed by atoms with E-state index in [9.17, 15) is 5.11 Å². The molecule has 1 N–H and O–H groups in total. The van der Waals surface area contributed by atoms with Crippen LogP contribution in [0.2, 0.25) is 0 Å². The molecule has 1 fully saturated rings. The lowest BCUT2D eigenvalue weighted by atomic mass is 9.95. The van der Waals surface area contributed by atoms with Crippen molar-refractivity contribution in [3.8, 4) is 11.8 Å². The number of β-amino-alcohol motifs (C(OH)–C–C–N with tert-alkyl or cyclic N) is 1. The number of nitrogens with zero attached hydrogens (tertiary/aromatic N) is 2. The van der Waals surface area contributed by atoms with Gasteiger partial charge in [-0.15, -0.1) is 0 Å². The highest BCUT2D eigenvalue weighted by Gasteiger charge is 2.26. The molecule has 0 aliphatic carbocycles. The Kier molecular flexibility index (Phi) is 5.60. The smallest absolute Gasteiger partial charge is 0.137 e. The van der Waals surface area contributed by atoms with Crippen molar-refractivity contribution in [3.05, 3.63) is 29.8 Å². The SMILES string of the molecule is CC(C)C1CCN(CC(O)COc2ccccc2C#N)C1. The molecule has 0 spiro atoms. The minimum absolute atomic E-state index is 0.224. The second-order valence-corrected chi connectivity index (χ2v) is 6.13. The fraction of sp³-hybridized carbons (Fsp3) is 0.588.